The van der Waals surface area contributed by atoms with Gasteiger partial charge in [-0.05, 0) is 55.7 Å². The van der Waals surface area contributed by atoms with Crippen LogP contribution >= 0.6 is 23.2 Å². The number of ether oxygens (including phenoxy) is 1. The van der Waals surface area contributed by atoms with Crippen molar-refractivity contribution in [2.45, 2.75) is 38.4 Å². The molecule has 1 heterocycles. The molecular formula is C24H28Cl2N2O5S. The summed E-state index contributed by atoms with van der Waals surface area (Å²) in [6.45, 7) is 2.88. The molecule has 0 bridgehead atoms. The predicted octanol–water partition coefficient (Wildman–Crippen LogP) is 5.13. The molecule has 1 aliphatic rings. The molecule has 2 aromatic carbocycles. The molecule has 0 spiro atoms. The fourth-order valence-corrected chi connectivity index (χ4v) is 5.98. The minimum absolute atomic E-state index is 0.176. The Balaban J connectivity index is 1.52. The van der Waals surface area contributed by atoms with Gasteiger partial charge < -0.3 is 10.1 Å². The molecule has 1 aliphatic heterocycles. The van der Waals surface area contributed by atoms with E-state index in [1.54, 1.807) is 42.5 Å². The zero-order valence-electron chi connectivity index (χ0n) is 18.9. The lowest BCUT2D eigenvalue weighted by Gasteiger charge is -2.30. The summed E-state index contributed by atoms with van der Waals surface area (Å²) in [5.74, 6) is -1.16. The number of carbonyl (C=O) groups is 2. The second kappa shape index (κ2) is 12.0. The smallest absolute Gasteiger partial charge is 0.338 e. The third kappa shape index (κ3) is 6.95. The molecule has 34 heavy (non-hydrogen) atoms. The standard InChI is InChI=1S/C24H28Cl2N2O5S/c1-2-3-15-33-24(30)18-7-9-19(10-8-18)27-23(29)17-11-13-28(14-12-17)34(31,32)16-20-21(25)5-4-6-22(20)26/h4-10,17H,2-3,11-16H2,1H3,(H,27,29). The van der Waals surface area contributed by atoms with E-state index in [0.717, 1.165) is 12.8 Å². The zero-order valence-corrected chi connectivity index (χ0v) is 21.3. The summed E-state index contributed by atoms with van der Waals surface area (Å²) >= 11 is 12.3. The number of hydrogen-bond donors (Lipinski definition) is 1. The first kappa shape index (κ1) is 26.5. The first-order valence-electron chi connectivity index (χ1n) is 11.2. The second-order valence-electron chi connectivity index (χ2n) is 8.19. The number of piperidine rings is 1. The summed E-state index contributed by atoms with van der Waals surface area (Å²) < 4.78 is 32.3. The number of carbonyl (C=O) groups excluding carboxylic acids is 2. The van der Waals surface area contributed by atoms with Crippen molar-refractivity contribution in [3.8, 4) is 0 Å². The Kier molecular flexibility index (Phi) is 9.36. The molecule has 1 fully saturated rings. The lowest BCUT2D eigenvalue weighted by Crippen LogP contribution is -2.42. The number of amides is 1. The lowest BCUT2D eigenvalue weighted by atomic mass is 9.97. The van der Waals surface area contributed by atoms with E-state index in [1.807, 2.05) is 6.92 Å². The molecule has 3 rings (SSSR count). The van der Waals surface area contributed by atoms with Crippen LogP contribution in [0, 0.1) is 5.92 Å². The fraction of sp³-hybridized carbons (Fsp3) is 0.417. The Hall–Kier alpha value is -2.13. The molecule has 184 valence electrons. The highest BCUT2D eigenvalue weighted by atomic mass is 35.5. The van der Waals surface area contributed by atoms with Crippen molar-refractivity contribution in [2.24, 2.45) is 5.92 Å². The van der Waals surface area contributed by atoms with Gasteiger partial charge in [-0.3, -0.25) is 4.79 Å². The molecule has 1 amide bonds. The van der Waals surface area contributed by atoms with Crippen molar-refractivity contribution in [1.82, 2.24) is 4.31 Å². The van der Waals surface area contributed by atoms with Gasteiger partial charge in [-0.15, -0.1) is 0 Å². The number of unbranched alkanes of at least 4 members (excludes halogenated alkanes) is 1. The highest BCUT2D eigenvalue weighted by Gasteiger charge is 2.32. The SMILES string of the molecule is CCCCOC(=O)c1ccc(NC(=O)C2CCN(S(=O)(=O)Cc3c(Cl)cccc3Cl)CC2)cc1. The summed E-state index contributed by atoms with van der Waals surface area (Å²) in [5.41, 5.74) is 1.37. The van der Waals surface area contributed by atoms with Gasteiger partial charge in [0.05, 0.1) is 17.9 Å². The van der Waals surface area contributed by atoms with E-state index in [9.17, 15) is 18.0 Å². The van der Waals surface area contributed by atoms with Gasteiger partial charge in [0, 0.05) is 40.3 Å². The minimum atomic E-state index is -3.62. The Bertz CT molecular complexity index is 1090. The van der Waals surface area contributed by atoms with Crippen LogP contribution in [0.4, 0.5) is 5.69 Å². The number of hydrogen-bond acceptors (Lipinski definition) is 5. The number of esters is 1. The van der Waals surface area contributed by atoms with Gasteiger partial charge in [-0.2, -0.15) is 0 Å². The Morgan fingerprint density at radius 3 is 2.26 bits per heavy atom. The molecule has 1 N–H and O–H groups in total. The number of sulfonamides is 1. The van der Waals surface area contributed by atoms with E-state index in [0.29, 0.717) is 46.3 Å². The molecule has 0 saturated carbocycles. The van der Waals surface area contributed by atoms with E-state index >= 15 is 0 Å². The molecular weight excluding hydrogens is 499 g/mol. The highest BCUT2D eigenvalue weighted by Crippen LogP contribution is 2.29. The molecule has 0 aromatic heterocycles. The quantitative estimate of drug-likeness (QED) is 0.361. The molecule has 2 aromatic rings. The predicted molar refractivity (Wildman–Crippen MR) is 134 cm³/mol. The summed E-state index contributed by atoms with van der Waals surface area (Å²) in [7, 11) is -3.62. The summed E-state index contributed by atoms with van der Waals surface area (Å²) in [6, 6.07) is 11.4. The number of nitrogens with zero attached hydrogens (tertiary/aromatic N) is 1. The van der Waals surface area contributed by atoms with E-state index in [-0.39, 0.29) is 30.7 Å². The normalized spacial score (nSPS) is 15.1. The highest BCUT2D eigenvalue weighted by molar-refractivity contribution is 7.88. The van der Waals surface area contributed by atoms with Crippen molar-refractivity contribution in [3.63, 3.8) is 0 Å². The second-order valence-corrected chi connectivity index (χ2v) is 11.0. The number of nitrogens with one attached hydrogen (secondary N) is 1. The first-order valence-corrected chi connectivity index (χ1v) is 13.6. The largest absolute Gasteiger partial charge is 0.462 e. The maximum atomic E-state index is 12.9. The maximum Gasteiger partial charge on any atom is 0.338 e. The average molecular weight is 527 g/mol. The molecule has 0 radical (unpaired) electrons. The van der Waals surface area contributed by atoms with Gasteiger partial charge in [0.25, 0.3) is 0 Å². The lowest BCUT2D eigenvalue weighted by molar-refractivity contribution is -0.120. The van der Waals surface area contributed by atoms with E-state index in [1.165, 1.54) is 4.31 Å². The number of anilines is 1. The van der Waals surface area contributed by atoms with Crippen LogP contribution in [0.1, 0.15) is 48.5 Å². The molecule has 0 atom stereocenters. The Morgan fingerprint density at radius 1 is 1.06 bits per heavy atom. The van der Waals surface area contributed by atoms with Crippen LogP contribution in [-0.4, -0.2) is 44.3 Å². The van der Waals surface area contributed by atoms with Crippen LogP contribution in [-0.2, 0) is 25.3 Å². The summed E-state index contributed by atoms with van der Waals surface area (Å²) in [4.78, 5) is 24.7. The van der Waals surface area contributed by atoms with E-state index < -0.39 is 16.0 Å². The van der Waals surface area contributed by atoms with Crippen LogP contribution in [0.25, 0.3) is 0 Å². The van der Waals surface area contributed by atoms with Crippen LogP contribution in [0.5, 0.6) is 0 Å². The summed E-state index contributed by atoms with van der Waals surface area (Å²) in [5, 5.41) is 3.47. The van der Waals surface area contributed by atoms with Crippen molar-refractivity contribution >= 4 is 50.8 Å². The van der Waals surface area contributed by atoms with Crippen molar-refractivity contribution < 1.29 is 22.7 Å². The van der Waals surface area contributed by atoms with Gasteiger partial charge in [-0.25, -0.2) is 17.5 Å². The van der Waals surface area contributed by atoms with Crippen LogP contribution in [0.15, 0.2) is 42.5 Å². The number of rotatable bonds is 9. The summed E-state index contributed by atoms with van der Waals surface area (Å²) in [6.07, 6.45) is 2.57. The molecule has 0 unspecified atom stereocenters. The van der Waals surface area contributed by atoms with Gasteiger partial charge in [0.1, 0.15) is 0 Å². The zero-order chi connectivity index (χ0) is 24.7. The topological polar surface area (TPSA) is 92.8 Å². The molecule has 10 heteroatoms. The van der Waals surface area contributed by atoms with Crippen molar-refractivity contribution in [2.75, 3.05) is 25.0 Å². The average Bonchev–Trinajstić information content (AvgIpc) is 2.82. The van der Waals surface area contributed by atoms with Gasteiger partial charge >= 0.3 is 5.97 Å². The van der Waals surface area contributed by atoms with E-state index in [2.05, 4.69) is 5.32 Å². The minimum Gasteiger partial charge on any atom is -0.462 e. The van der Waals surface area contributed by atoms with E-state index in [4.69, 9.17) is 27.9 Å². The van der Waals surface area contributed by atoms with Crippen molar-refractivity contribution in [1.29, 1.82) is 0 Å². The van der Waals surface area contributed by atoms with Crippen LogP contribution in [0.3, 0.4) is 0 Å². The first-order chi connectivity index (χ1) is 16.2. The third-order valence-electron chi connectivity index (χ3n) is 5.73. The van der Waals surface area contributed by atoms with Gasteiger partial charge in [0.2, 0.25) is 15.9 Å². The third-order valence-corrected chi connectivity index (χ3v) is 8.24. The Labute approximate surface area is 210 Å². The van der Waals surface area contributed by atoms with Crippen molar-refractivity contribution in [3.05, 3.63) is 63.6 Å². The molecule has 1 saturated heterocycles. The fourth-order valence-electron chi connectivity index (χ4n) is 3.67. The van der Waals surface area contributed by atoms with Gasteiger partial charge in [0.15, 0.2) is 0 Å². The number of halogens is 2. The van der Waals surface area contributed by atoms with Crippen LogP contribution < -0.4 is 5.32 Å². The van der Waals surface area contributed by atoms with Gasteiger partial charge in [-0.1, -0.05) is 42.6 Å². The molecule has 7 nitrogen and oxygen atoms in total. The van der Waals surface area contributed by atoms with Crippen LogP contribution in [0.2, 0.25) is 10.0 Å². The monoisotopic (exact) mass is 526 g/mol. The maximum absolute atomic E-state index is 12.9. The Morgan fingerprint density at radius 2 is 1.68 bits per heavy atom. The number of benzene rings is 2. The molecule has 0 aliphatic carbocycles.